The molecule has 2 amide bonds. The molecule has 2 N–H and O–H groups in total. The SMILES string of the molecule is COc1ccccc1NC(=O)NCC(c1ccc(N(C)C)cc1)N1CCc2ccccc2C1. The van der Waals surface area contributed by atoms with Gasteiger partial charge in [-0.3, -0.25) is 4.90 Å². The van der Waals surface area contributed by atoms with Crippen LogP contribution in [0.3, 0.4) is 0 Å². The summed E-state index contributed by atoms with van der Waals surface area (Å²) in [5.74, 6) is 0.635. The maximum Gasteiger partial charge on any atom is 0.319 e. The zero-order chi connectivity index (χ0) is 23.2. The predicted molar refractivity (Wildman–Crippen MR) is 134 cm³/mol. The van der Waals surface area contributed by atoms with Crippen molar-refractivity contribution < 1.29 is 9.53 Å². The normalized spacial score (nSPS) is 14.2. The zero-order valence-corrected chi connectivity index (χ0v) is 19.5. The molecule has 33 heavy (non-hydrogen) atoms. The number of amides is 2. The second-order valence-corrected chi connectivity index (χ2v) is 8.53. The highest BCUT2D eigenvalue weighted by Crippen LogP contribution is 2.29. The molecular weight excluding hydrogens is 412 g/mol. The van der Waals surface area contributed by atoms with Gasteiger partial charge in [-0.15, -0.1) is 0 Å². The van der Waals surface area contributed by atoms with Gasteiger partial charge in [0.2, 0.25) is 0 Å². The van der Waals surface area contributed by atoms with Gasteiger partial charge in [-0.05, 0) is 47.4 Å². The van der Waals surface area contributed by atoms with Crippen LogP contribution >= 0.6 is 0 Å². The van der Waals surface area contributed by atoms with E-state index in [-0.39, 0.29) is 12.1 Å². The standard InChI is InChI=1S/C27H32N4O2/c1-30(2)23-14-12-21(13-15-23)25(31-17-16-20-8-4-5-9-22(20)19-31)18-28-27(32)29-24-10-6-7-11-26(24)33-3/h4-15,25H,16-19H2,1-3H3,(H2,28,29,32). The molecule has 3 aromatic carbocycles. The molecule has 6 heteroatoms. The van der Waals surface area contributed by atoms with Gasteiger partial charge in [-0.1, -0.05) is 48.5 Å². The van der Waals surface area contributed by atoms with Crippen molar-refractivity contribution in [2.45, 2.75) is 19.0 Å². The second kappa shape index (κ2) is 10.4. The van der Waals surface area contributed by atoms with Crippen LogP contribution in [0.4, 0.5) is 16.2 Å². The molecule has 6 nitrogen and oxygen atoms in total. The molecule has 172 valence electrons. The quantitative estimate of drug-likeness (QED) is 0.556. The molecule has 1 aliphatic rings. The van der Waals surface area contributed by atoms with Crippen LogP contribution in [0.5, 0.6) is 5.75 Å². The number of hydrogen-bond donors (Lipinski definition) is 2. The van der Waals surface area contributed by atoms with E-state index in [0.29, 0.717) is 18.0 Å². The monoisotopic (exact) mass is 444 g/mol. The summed E-state index contributed by atoms with van der Waals surface area (Å²) in [5.41, 5.74) is 5.77. The van der Waals surface area contributed by atoms with E-state index in [4.69, 9.17) is 4.74 Å². The first-order valence-electron chi connectivity index (χ1n) is 11.3. The summed E-state index contributed by atoms with van der Waals surface area (Å²) < 4.78 is 5.35. The van der Waals surface area contributed by atoms with E-state index in [1.54, 1.807) is 7.11 Å². The average Bonchev–Trinajstić information content (AvgIpc) is 2.84. The van der Waals surface area contributed by atoms with Crippen molar-refractivity contribution in [2.24, 2.45) is 0 Å². The fraction of sp³-hybridized carbons (Fsp3) is 0.296. The van der Waals surface area contributed by atoms with Gasteiger partial charge in [-0.25, -0.2) is 4.79 Å². The summed E-state index contributed by atoms with van der Waals surface area (Å²) in [6.45, 7) is 2.32. The number of hydrogen-bond acceptors (Lipinski definition) is 4. The first-order chi connectivity index (χ1) is 16.0. The van der Waals surface area contributed by atoms with Gasteiger partial charge in [0, 0.05) is 39.4 Å². The van der Waals surface area contributed by atoms with Gasteiger partial charge in [0.05, 0.1) is 18.8 Å². The maximum absolute atomic E-state index is 12.7. The molecule has 0 aliphatic carbocycles. The number of para-hydroxylation sites is 2. The van der Waals surface area contributed by atoms with Gasteiger partial charge < -0.3 is 20.3 Å². The summed E-state index contributed by atoms with van der Waals surface area (Å²) in [5, 5.41) is 5.99. The maximum atomic E-state index is 12.7. The van der Waals surface area contributed by atoms with Crippen LogP contribution < -0.4 is 20.3 Å². The van der Waals surface area contributed by atoms with Crippen LogP contribution in [-0.2, 0) is 13.0 Å². The summed E-state index contributed by atoms with van der Waals surface area (Å²) in [6.07, 6.45) is 1.01. The highest BCUT2D eigenvalue weighted by atomic mass is 16.5. The third-order valence-electron chi connectivity index (χ3n) is 6.21. The summed E-state index contributed by atoms with van der Waals surface area (Å²) in [7, 11) is 5.68. The molecule has 3 aromatic rings. The lowest BCUT2D eigenvalue weighted by atomic mass is 9.96. The molecule has 0 saturated carbocycles. The van der Waals surface area contributed by atoms with Gasteiger partial charge in [0.25, 0.3) is 0 Å². The molecule has 4 rings (SSSR count). The van der Waals surface area contributed by atoms with Crippen LogP contribution in [0.15, 0.2) is 72.8 Å². The van der Waals surface area contributed by atoms with E-state index >= 15 is 0 Å². The first-order valence-corrected chi connectivity index (χ1v) is 11.3. The van der Waals surface area contributed by atoms with Crippen molar-refractivity contribution in [2.75, 3.05) is 44.5 Å². The number of nitrogens with one attached hydrogen (secondary N) is 2. The Balaban J connectivity index is 1.51. The minimum absolute atomic E-state index is 0.0676. The van der Waals surface area contributed by atoms with Crippen molar-refractivity contribution in [3.05, 3.63) is 89.5 Å². The van der Waals surface area contributed by atoms with E-state index in [2.05, 4.69) is 69.0 Å². The largest absolute Gasteiger partial charge is 0.495 e. The number of anilines is 2. The van der Waals surface area contributed by atoms with Crippen LogP contribution in [0.1, 0.15) is 22.7 Å². The number of nitrogens with zero attached hydrogens (tertiary/aromatic N) is 2. The molecule has 0 aromatic heterocycles. The molecule has 1 heterocycles. The minimum atomic E-state index is -0.244. The Kier molecular flexibility index (Phi) is 7.15. The predicted octanol–water partition coefficient (Wildman–Crippen LogP) is 4.68. The number of rotatable bonds is 7. The fourth-order valence-electron chi connectivity index (χ4n) is 4.34. The average molecular weight is 445 g/mol. The van der Waals surface area contributed by atoms with Crippen LogP contribution in [0, 0.1) is 0 Å². The summed E-state index contributed by atoms with van der Waals surface area (Å²) in [6, 6.07) is 24.5. The lowest BCUT2D eigenvalue weighted by Gasteiger charge is -2.36. The number of fused-ring (bicyclic) bond motifs is 1. The Labute approximate surface area is 196 Å². The number of carbonyl (C=O) groups is 1. The number of ether oxygens (including phenoxy) is 1. The topological polar surface area (TPSA) is 56.8 Å². The van der Waals surface area contributed by atoms with Crippen LogP contribution in [0.25, 0.3) is 0 Å². The van der Waals surface area contributed by atoms with Crippen molar-refractivity contribution in [1.82, 2.24) is 10.2 Å². The van der Waals surface area contributed by atoms with E-state index < -0.39 is 0 Å². The zero-order valence-electron chi connectivity index (χ0n) is 19.5. The summed E-state index contributed by atoms with van der Waals surface area (Å²) >= 11 is 0. The van der Waals surface area contributed by atoms with E-state index in [1.807, 2.05) is 38.4 Å². The van der Waals surface area contributed by atoms with Crippen LogP contribution in [-0.4, -0.2) is 45.2 Å². The second-order valence-electron chi connectivity index (χ2n) is 8.53. The number of benzene rings is 3. The van der Waals surface area contributed by atoms with Crippen molar-refractivity contribution >= 4 is 17.4 Å². The van der Waals surface area contributed by atoms with Crippen molar-refractivity contribution in [3.8, 4) is 5.75 Å². The lowest BCUT2D eigenvalue weighted by molar-refractivity contribution is 0.175. The highest BCUT2D eigenvalue weighted by molar-refractivity contribution is 5.90. The minimum Gasteiger partial charge on any atom is -0.495 e. The Morgan fingerprint density at radius 3 is 2.42 bits per heavy atom. The third-order valence-corrected chi connectivity index (χ3v) is 6.21. The van der Waals surface area contributed by atoms with Gasteiger partial charge in [0.1, 0.15) is 5.75 Å². The summed E-state index contributed by atoms with van der Waals surface area (Å²) in [4.78, 5) is 17.3. The van der Waals surface area contributed by atoms with Crippen molar-refractivity contribution in [3.63, 3.8) is 0 Å². The molecule has 1 aliphatic heterocycles. The number of methoxy groups -OCH3 is 1. The Morgan fingerprint density at radius 2 is 1.70 bits per heavy atom. The molecule has 0 radical (unpaired) electrons. The Bertz CT molecular complexity index is 1080. The number of urea groups is 1. The van der Waals surface area contributed by atoms with Gasteiger partial charge >= 0.3 is 6.03 Å². The molecule has 0 bridgehead atoms. The number of carbonyl (C=O) groups excluding carboxylic acids is 1. The molecule has 1 unspecified atom stereocenters. The van der Waals surface area contributed by atoms with Crippen LogP contribution in [0.2, 0.25) is 0 Å². The van der Waals surface area contributed by atoms with E-state index in [1.165, 1.54) is 16.7 Å². The smallest absolute Gasteiger partial charge is 0.319 e. The van der Waals surface area contributed by atoms with Gasteiger partial charge in [-0.2, -0.15) is 0 Å². The fourth-order valence-corrected chi connectivity index (χ4v) is 4.34. The van der Waals surface area contributed by atoms with E-state index in [0.717, 1.165) is 25.2 Å². The molecule has 0 saturated heterocycles. The lowest BCUT2D eigenvalue weighted by Crippen LogP contribution is -2.41. The highest BCUT2D eigenvalue weighted by Gasteiger charge is 2.25. The Hall–Kier alpha value is -3.51. The Morgan fingerprint density at radius 1 is 1.00 bits per heavy atom. The molecular formula is C27H32N4O2. The van der Waals surface area contributed by atoms with Crippen molar-refractivity contribution in [1.29, 1.82) is 0 Å². The van der Waals surface area contributed by atoms with E-state index in [9.17, 15) is 4.79 Å². The molecule has 1 atom stereocenters. The molecule has 0 spiro atoms. The first kappa shape index (κ1) is 22.7. The third kappa shape index (κ3) is 5.46. The molecule has 0 fully saturated rings. The van der Waals surface area contributed by atoms with Gasteiger partial charge in [0.15, 0.2) is 0 Å².